The first-order valence-corrected chi connectivity index (χ1v) is 12.1. The van der Waals surface area contributed by atoms with E-state index >= 15 is 0 Å². The molecule has 12 heteroatoms. The number of H-pyrrole nitrogens is 1. The van der Waals surface area contributed by atoms with Crippen molar-refractivity contribution in [2.75, 3.05) is 12.9 Å². The number of aromatic nitrogens is 2. The average Bonchev–Trinajstić information content (AvgIpc) is 2.96. The van der Waals surface area contributed by atoms with Gasteiger partial charge in [0.2, 0.25) is 3.79 Å². The lowest BCUT2D eigenvalue weighted by atomic mass is 10.0. The van der Waals surface area contributed by atoms with Crippen molar-refractivity contribution in [1.29, 1.82) is 0 Å². The average molecular weight is 533 g/mol. The maximum Gasteiger partial charge on any atom is 0.272 e. The monoisotopic (exact) mass is 530 g/mol. The minimum Gasteiger partial charge on any atom is -0.490 e. The number of nitrogens with zero attached hydrogens (tertiary/aromatic N) is 1. The van der Waals surface area contributed by atoms with Crippen LogP contribution in [0.25, 0.3) is 22.0 Å². The maximum atomic E-state index is 12.2. The van der Waals surface area contributed by atoms with E-state index in [1.54, 1.807) is 23.9 Å². The van der Waals surface area contributed by atoms with Crippen molar-refractivity contribution >= 4 is 78.7 Å². The number of rotatable bonds is 5. The van der Waals surface area contributed by atoms with E-state index in [0.717, 1.165) is 6.26 Å². The Morgan fingerprint density at radius 2 is 1.77 bits per heavy atom. The molecule has 1 N–H and O–H groups in total. The van der Waals surface area contributed by atoms with Gasteiger partial charge in [-0.3, -0.25) is 4.79 Å². The molecular weight excluding hydrogens is 518 g/mol. The van der Waals surface area contributed by atoms with Crippen molar-refractivity contribution < 1.29 is 13.2 Å². The number of ether oxygens (including phenoxy) is 1. The highest BCUT2D eigenvalue weighted by molar-refractivity contribution is 7.90. The minimum absolute atomic E-state index is 0.0658. The Morgan fingerprint density at radius 1 is 1.10 bits per heavy atom. The molecular formula is C18H15Cl5N2O4S. The van der Waals surface area contributed by atoms with Gasteiger partial charge in [0.05, 0.1) is 4.90 Å². The second kappa shape index (κ2) is 8.11. The van der Waals surface area contributed by atoms with Crippen LogP contribution in [0.4, 0.5) is 0 Å². The molecule has 0 fully saturated rings. The molecule has 0 bridgehead atoms. The molecule has 1 aromatic carbocycles. The van der Waals surface area contributed by atoms with Gasteiger partial charge in [0.15, 0.2) is 14.2 Å². The molecule has 0 saturated carbocycles. The molecule has 0 aliphatic carbocycles. The molecule has 0 amide bonds. The van der Waals surface area contributed by atoms with Gasteiger partial charge in [-0.1, -0.05) is 58.0 Å². The third-order valence-electron chi connectivity index (χ3n) is 4.39. The Morgan fingerprint density at radius 3 is 2.37 bits per heavy atom. The molecule has 0 spiro atoms. The standard InChI is InChI=1S/C18H15Cl5N2O4S/c1-25-8-13(11-5-6-24-16(26)15(11)25)12-7-10(30(2,27)28)3-4-14(12)29-9-17(19,20)18(21,22)23/h3-8H,9H2,1-2H3,(H,24,26). The summed E-state index contributed by atoms with van der Waals surface area (Å²) in [6.07, 6.45) is 4.28. The number of fused-ring (bicyclic) bond motifs is 1. The summed E-state index contributed by atoms with van der Waals surface area (Å²) in [4.78, 5) is 14.9. The van der Waals surface area contributed by atoms with Crippen LogP contribution in [-0.4, -0.2) is 39.0 Å². The van der Waals surface area contributed by atoms with Crippen LogP contribution in [-0.2, 0) is 16.9 Å². The Labute approximate surface area is 197 Å². The molecule has 3 aromatic rings. The van der Waals surface area contributed by atoms with Crippen LogP contribution in [0.2, 0.25) is 0 Å². The number of sulfone groups is 1. The quantitative estimate of drug-likeness (QED) is 0.476. The molecule has 0 radical (unpaired) electrons. The van der Waals surface area contributed by atoms with E-state index < -0.39 is 24.6 Å². The van der Waals surface area contributed by atoms with Gasteiger partial charge in [0.25, 0.3) is 5.56 Å². The lowest BCUT2D eigenvalue weighted by molar-refractivity contribution is 0.303. The molecule has 3 rings (SSSR count). The zero-order chi connectivity index (χ0) is 22.5. The number of alkyl halides is 5. The minimum atomic E-state index is -3.52. The summed E-state index contributed by atoms with van der Waals surface area (Å²) in [5.41, 5.74) is 1.10. The molecule has 0 aliphatic rings. The van der Waals surface area contributed by atoms with E-state index in [4.69, 9.17) is 62.7 Å². The maximum absolute atomic E-state index is 12.2. The smallest absolute Gasteiger partial charge is 0.272 e. The number of aromatic amines is 1. The van der Waals surface area contributed by atoms with Gasteiger partial charge in [-0.05, 0) is 24.3 Å². The topological polar surface area (TPSA) is 81.2 Å². The number of benzene rings is 1. The third-order valence-corrected chi connectivity index (χ3v) is 7.84. The summed E-state index contributed by atoms with van der Waals surface area (Å²) in [7, 11) is -1.82. The fourth-order valence-electron chi connectivity index (χ4n) is 2.91. The highest BCUT2D eigenvalue weighted by Gasteiger charge is 2.47. The van der Waals surface area contributed by atoms with E-state index in [9.17, 15) is 13.2 Å². The molecule has 0 atom stereocenters. The van der Waals surface area contributed by atoms with Crippen LogP contribution in [0.3, 0.4) is 0 Å². The number of pyridine rings is 1. The first-order chi connectivity index (χ1) is 13.7. The zero-order valence-corrected chi connectivity index (χ0v) is 20.1. The van der Waals surface area contributed by atoms with Gasteiger partial charge >= 0.3 is 0 Å². The van der Waals surface area contributed by atoms with E-state index in [0.29, 0.717) is 22.0 Å². The van der Waals surface area contributed by atoms with Gasteiger partial charge in [0.1, 0.15) is 17.9 Å². The molecule has 0 aliphatic heterocycles. The Hall–Kier alpha value is -1.09. The molecule has 30 heavy (non-hydrogen) atoms. The zero-order valence-electron chi connectivity index (χ0n) is 15.5. The summed E-state index contributed by atoms with van der Waals surface area (Å²) >= 11 is 29.6. The number of aryl methyl sites for hydroxylation is 1. The third kappa shape index (κ3) is 4.56. The number of hydrogen-bond donors (Lipinski definition) is 1. The van der Waals surface area contributed by atoms with Crippen molar-refractivity contribution in [2.24, 2.45) is 7.05 Å². The largest absolute Gasteiger partial charge is 0.490 e. The summed E-state index contributed by atoms with van der Waals surface area (Å²) in [6.45, 7) is -0.400. The first kappa shape index (κ1) is 23.6. The fourth-order valence-corrected chi connectivity index (χ4v) is 3.83. The molecule has 2 heterocycles. The number of nitrogens with one attached hydrogen (secondary N) is 1. The lowest BCUT2D eigenvalue weighted by Crippen LogP contribution is -2.37. The highest BCUT2D eigenvalue weighted by Crippen LogP contribution is 2.46. The van der Waals surface area contributed by atoms with E-state index in [1.807, 2.05) is 0 Å². The molecule has 0 saturated heterocycles. The van der Waals surface area contributed by atoms with Crippen LogP contribution < -0.4 is 10.3 Å². The van der Waals surface area contributed by atoms with Gasteiger partial charge in [0, 0.05) is 42.2 Å². The van der Waals surface area contributed by atoms with Crippen LogP contribution in [0.15, 0.2) is 46.3 Å². The van der Waals surface area contributed by atoms with E-state index in [2.05, 4.69) is 4.98 Å². The van der Waals surface area contributed by atoms with Crippen LogP contribution in [0.5, 0.6) is 5.75 Å². The van der Waals surface area contributed by atoms with Crippen molar-refractivity contribution in [3.05, 3.63) is 47.0 Å². The molecule has 6 nitrogen and oxygen atoms in total. The second-order valence-corrected chi connectivity index (χ2v) is 12.4. The fraction of sp³-hybridized carbons (Fsp3) is 0.278. The predicted octanol–water partition coefficient (Wildman–Crippen LogP) is 4.86. The number of halogens is 5. The van der Waals surface area contributed by atoms with Crippen molar-refractivity contribution in [3.8, 4) is 16.9 Å². The van der Waals surface area contributed by atoms with Gasteiger partial charge in [-0.25, -0.2) is 8.42 Å². The summed E-state index contributed by atoms with van der Waals surface area (Å²) in [5.74, 6) is 0.245. The predicted molar refractivity (Wildman–Crippen MR) is 122 cm³/mol. The van der Waals surface area contributed by atoms with Crippen molar-refractivity contribution in [3.63, 3.8) is 0 Å². The molecule has 2 aromatic heterocycles. The van der Waals surface area contributed by atoms with Gasteiger partial charge in [-0.2, -0.15) is 0 Å². The lowest BCUT2D eigenvalue weighted by Gasteiger charge is -2.27. The van der Waals surface area contributed by atoms with Crippen molar-refractivity contribution in [2.45, 2.75) is 13.0 Å². The van der Waals surface area contributed by atoms with E-state index in [-0.39, 0.29) is 16.2 Å². The van der Waals surface area contributed by atoms with Crippen LogP contribution in [0.1, 0.15) is 0 Å². The number of hydrogen-bond acceptors (Lipinski definition) is 4. The Kier molecular flexibility index (Phi) is 6.37. The van der Waals surface area contributed by atoms with Gasteiger partial charge in [-0.15, -0.1) is 0 Å². The molecule has 162 valence electrons. The SMILES string of the molecule is Cn1cc(-c2cc(S(C)(=O)=O)ccc2OCC(Cl)(Cl)C(Cl)(Cl)Cl)c2cc[nH]c(=O)c21. The summed E-state index contributed by atoms with van der Waals surface area (Å²) < 4.78 is 27.7. The van der Waals surface area contributed by atoms with Crippen LogP contribution >= 0.6 is 58.0 Å². The van der Waals surface area contributed by atoms with Crippen molar-refractivity contribution in [1.82, 2.24) is 9.55 Å². The molecule has 0 unspecified atom stereocenters. The Balaban J connectivity index is 2.20. The normalized spacial score (nSPS) is 13.0. The van der Waals surface area contributed by atoms with Gasteiger partial charge < -0.3 is 14.3 Å². The summed E-state index contributed by atoms with van der Waals surface area (Å²) in [5, 5.41) is 0.598. The van der Waals surface area contributed by atoms with Crippen LogP contribution in [0, 0.1) is 0 Å². The summed E-state index contributed by atoms with van der Waals surface area (Å²) in [6, 6.07) is 5.99. The second-order valence-electron chi connectivity index (χ2n) is 6.64. The van der Waals surface area contributed by atoms with E-state index in [1.165, 1.54) is 24.4 Å². The Bertz CT molecular complexity index is 1280. The first-order valence-electron chi connectivity index (χ1n) is 8.31. The highest BCUT2D eigenvalue weighted by atomic mass is 35.6.